The number of rotatable bonds is 7. The molecule has 5 rings (SSSR count). The van der Waals surface area contributed by atoms with Crippen molar-refractivity contribution in [2.75, 3.05) is 0 Å². The summed E-state index contributed by atoms with van der Waals surface area (Å²) in [6, 6.07) is 6.39. The number of carbonyl (C=O) groups is 2. The highest BCUT2D eigenvalue weighted by Crippen LogP contribution is 2.38. The second-order valence-electron chi connectivity index (χ2n) is 10.2. The zero-order chi connectivity index (χ0) is 32.9. The van der Waals surface area contributed by atoms with E-state index in [9.17, 15) is 65.4 Å². The SMILES string of the molecule is O=C(O)[C@H]1O[C@@H](Oc2ccc(-c3cc(=O)c4c(O)cc(O)cc4o3)cc2O[C@@H]2O[C@H](C(=O)O)[C@@H](O)[C@H](O)[C@H]2O)[C@H](O)[C@@H](O)[C@@H]1O. The van der Waals surface area contributed by atoms with E-state index in [-0.39, 0.29) is 22.3 Å². The van der Waals surface area contributed by atoms with Crippen molar-refractivity contribution >= 4 is 22.9 Å². The van der Waals surface area contributed by atoms with Crippen LogP contribution in [0, 0.1) is 0 Å². The maximum atomic E-state index is 12.8. The van der Waals surface area contributed by atoms with Gasteiger partial charge < -0.3 is 74.4 Å². The van der Waals surface area contributed by atoms with E-state index in [0.29, 0.717) is 0 Å². The minimum Gasteiger partial charge on any atom is -0.508 e. The fourth-order valence-corrected chi connectivity index (χ4v) is 4.80. The number of phenols is 2. The van der Waals surface area contributed by atoms with Crippen LogP contribution in [0.2, 0.25) is 0 Å². The van der Waals surface area contributed by atoms with Crippen molar-refractivity contribution in [1.82, 2.24) is 0 Å². The molecule has 3 heterocycles. The molecule has 242 valence electrons. The highest BCUT2D eigenvalue weighted by atomic mass is 16.7. The van der Waals surface area contributed by atoms with Crippen LogP contribution in [-0.4, -0.2) is 124 Å². The first-order valence-electron chi connectivity index (χ1n) is 13.0. The number of hydrogen-bond donors (Lipinski definition) is 10. The minimum absolute atomic E-state index is 0.0174. The van der Waals surface area contributed by atoms with Gasteiger partial charge in [-0.05, 0) is 18.2 Å². The molecule has 10 atom stereocenters. The number of fused-ring (bicyclic) bond motifs is 1. The lowest BCUT2D eigenvalue weighted by molar-refractivity contribution is -0.276. The maximum absolute atomic E-state index is 12.8. The van der Waals surface area contributed by atoms with Gasteiger partial charge in [0, 0.05) is 23.8 Å². The molecule has 18 nitrogen and oxygen atoms in total. The number of hydrogen-bond acceptors (Lipinski definition) is 16. The summed E-state index contributed by atoms with van der Waals surface area (Å²) < 4.78 is 27.1. The third kappa shape index (κ3) is 5.95. The molecule has 0 radical (unpaired) electrons. The van der Waals surface area contributed by atoms with Gasteiger partial charge in [0.1, 0.15) is 64.9 Å². The summed E-state index contributed by atoms with van der Waals surface area (Å²) in [5, 5.41) is 99.7. The van der Waals surface area contributed by atoms with Crippen molar-refractivity contribution in [3.63, 3.8) is 0 Å². The molecule has 0 unspecified atom stereocenters. The Morgan fingerprint density at radius 2 is 1.20 bits per heavy atom. The Kier molecular flexibility index (Phi) is 8.58. The lowest BCUT2D eigenvalue weighted by Gasteiger charge is -2.39. The van der Waals surface area contributed by atoms with Gasteiger partial charge in [-0.3, -0.25) is 4.79 Å². The lowest BCUT2D eigenvalue weighted by Crippen LogP contribution is -2.61. The summed E-state index contributed by atoms with van der Waals surface area (Å²) in [4.78, 5) is 35.9. The molecule has 1 aromatic heterocycles. The molecule has 0 amide bonds. The van der Waals surface area contributed by atoms with E-state index in [1.54, 1.807) is 0 Å². The molecule has 10 N–H and O–H groups in total. The van der Waals surface area contributed by atoms with E-state index in [1.807, 2.05) is 0 Å². The molecule has 3 aromatic rings. The molecule has 45 heavy (non-hydrogen) atoms. The average Bonchev–Trinajstić information content (AvgIpc) is 2.97. The van der Waals surface area contributed by atoms with Crippen molar-refractivity contribution in [2.24, 2.45) is 0 Å². The number of phenolic OH excluding ortho intramolecular Hbond substituents is 2. The maximum Gasteiger partial charge on any atom is 0.335 e. The van der Waals surface area contributed by atoms with Crippen LogP contribution in [0.1, 0.15) is 0 Å². The van der Waals surface area contributed by atoms with Gasteiger partial charge in [0.15, 0.2) is 29.1 Å². The first kappa shape index (κ1) is 31.9. The monoisotopic (exact) mass is 638 g/mol. The summed E-state index contributed by atoms with van der Waals surface area (Å²) in [5.41, 5.74) is -0.940. The zero-order valence-electron chi connectivity index (χ0n) is 22.5. The van der Waals surface area contributed by atoms with Crippen LogP contribution in [0.5, 0.6) is 23.0 Å². The van der Waals surface area contributed by atoms with Gasteiger partial charge in [-0.25, -0.2) is 9.59 Å². The summed E-state index contributed by atoms with van der Waals surface area (Å²) in [6.45, 7) is 0. The van der Waals surface area contributed by atoms with Gasteiger partial charge >= 0.3 is 11.9 Å². The van der Waals surface area contributed by atoms with Gasteiger partial charge in [-0.2, -0.15) is 0 Å². The summed E-state index contributed by atoms with van der Waals surface area (Å²) in [7, 11) is 0. The van der Waals surface area contributed by atoms with E-state index in [1.165, 1.54) is 6.07 Å². The van der Waals surface area contributed by atoms with Crippen molar-refractivity contribution < 1.29 is 84.0 Å². The molecule has 2 saturated heterocycles. The van der Waals surface area contributed by atoms with E-state index >= 15 is 0 Å². The van der Waals surface area contributed by atoms with Gasteiger partial charge in [-0.1, -0.05) is 0 Å². The van der Waals surface area contributed by atoms with Crippen LogP contribution in [-0.2, 0) is 19.1 Å². The Balaban J connectivity index is 1.57. The fraction of sp³-hybridized carbons (Fsp3) is 0.370. The predicted octanol–water partition coefficient (Wildman–Crippen LogP) is -2.59. The molecular weight excluding hydrogens is 612 g/mol. The van der Waals surface area contributed by atoms with Crippen LogP contribution in [0.3, 0.4) is 0 Å². The second kappa shape index (κ2) is 12.1. The van der Waals surface area contributed by atoms with Gasteiger partial charge in [0.05, 0.1) is 0 Å². The summed E-state index contributed by atoms with van der Waals surface area (Å²) in [6.07, 6.45) is -20.4. The van der Waals surface area contributed by atoms with Gasteiger partial charge in [0.25, 0.3) is 0 Å². The van der Waals surface area contributed by atoms with Crippen molar-refractivity contribution in [1.29, 1.82) is 0 Å². The molecule has 18 heteroatoms. The molecule has 2 fully saturated rings. The smallest absolute Gasteiger partial charge is 0.335 e. The van der Waals surface area contributed by atoms with Crippen molar-refractivity contribution in [3.05, 3.63) is 46.6 Å². The van der Waals surface area contributed by atoms with Crippen LogP contribution < -0.4 is 14.9 Å². The van der Waals surface area contributed by atoms with Crippen LogP contribution in [0.15, 0.2) is 45.6 Å². The average molecular weight is 638 g/mol. The first-order chi connectivity index (χ1) is 21.2. The minimum atomic E-state index is -2.08. The largest absolute Gasteiger partial charge is 0.508 e. The summed E-state index contributed by atoms with van der Waals surface area (Å²) >= 11 is 0. The zero-order valence-corrected chi connectivity index (χ0v) is 22.5. The summed E-state index contributed by atoms with van der Waals surface area (Å²) in [5.74, 6) is -5.52. The number of aliphatic hydroxyl groups excluding tert-OH is 6. The second-order valence-corrected chi connectivity index (χ2v) is 10.2. The van der Waals surface area contributed by atoms with Crippen LogP contribution in [0.25, 0.3) is 22.3 Å². The molecule has 0 bridgehead atoms. The highest BCUT2D eigenvalue weighted by Gasteiger charge is 2.50. The highest BCUT2D eigenvalue weighted by molar-refractivity contribution is 5.86. The number of carboxylic acid groups (broad SMARTS) is 2. The standard InChI is InChI=1S/C27H26O18/c28-8-4-9(29)15-10(30)6-12(41-14(15)5-8)7-1-2-11(42-26-20(35)16(31)18(33)22(44-26)24(37)38)13(3-7)43-27-21(36)17(32)19(34)23(45-27)25(39)40/h1-6,16-23,26-29,31-36H,(H,37,38)(H,39,40)/t16-,17-,18-,19-,20+,21+,22-,23-,26+,27+/m0/s1. The molecule has 0 aliphatic carbocycles. The van der Waals surface area contributed by atoms with Gasteiger partial charge in [-0.15, -0.1) is 0 Å². The van der Waals surface area contributed by atoms with Crippen LogP contribution in [0.4, 0.5) is 0 Å². The Morgan fingerprint density at radius 3 is 1.73 bits per heavy atom. The Morgan fingerprint density at radius 1 is 0.667 bits per heavy atom. The normalized spacial score (nSPS) is 31.8. The quantitative estimate of drug-likeness (QED) is 0.127. The van der Waals surface area contributed by atoms with E-state index < -0.39 is 102 Å². The topological polar surface area (TPSA) is 304 Å². The number of carboxylic acids is 2. The van der Waals surface area contributed by atoms with E-state index in [2.05, 4.69) is 0 Å². The molecule has 2 aliphatic heterocycles. The number of aliphatic carboxylic acids is 2. The third-order valence-electron chi connectivity index (χ3n) is 7.14. The molecule has 0 spiro atoms. The van der Waals surface area contributed by atoms with Gasteiger partial charge in [0.2, 0.25) is 12.6 Å². The number of ether oxygens (including phenoxy) is 4. The number of aliphatic hydroxyl groups is 6. The number of benzene rings is 2. The van der Waals surface area contributed by atoms with Crippen molar-refractivity contribution in [2.45, 2.75) is 61.4 Å². The molecular formula is C27H26O18. The van der Waals surface area contributed by atoms with E-state index in [4.69, 9.17) is 23.4 Å². The van der Waals surface area contributed by atoms with Crippen LogP contribution >= 0.6 is 0 Å². The Labute approximate surface area is 249 Å². The molecule has 2 aromatic carbocycles. The Hall–Kier alpha value is -4.53. The Bertz CT molecular complexity index is 1670. The third-order valence-corrected chi connectivity index (χ3v) is 7.14. The lowest BCUT2D eigenvalue weighted by atomic mass is 9.99. The fourth-order valence-electron chi connectivity index (χ4n) is 4.80. The number of aromatic hydroxyl groups is 2. The van der Waals surface area contributed by atoms with E-state index in [0.717, 1.165) is 30.3 Å². The van der Waals surface area contributed by atoms with Crippen molar-refractivity contribution in [3.8, 4) is 34.3 Å². The molecule has 2 aliphatic rings. The predicted molar refractivity (Wildman–Crippen MR) is 141 cm³/mol. The molecule has 0 saturated carbocycles. The first-order valence-corrected chi connectivity index (χ1v) is 13.0.